The molecule has 3 saturated heterocycles. The summed E-state index contributed by atoms with van der Waals surface area (Å²) in [6.45, 7) is 4.33. The molecule has 226 valence electrons. The van der Waals surface area contributed by atoms with Gasteiger partial charge >= 0.3 is 6.01 Å². The number of benzene rings is 2. The predicted octanol–water partition coefficient (Wildman–Crippen LogP) is 3.48. The second-order valence-corrected chi connectivity index (χ2v) is 12.0. The third-order valence-corrected chi connectivity index (χ3v) is 9.28. The number of aromatic hydroxyl groups is 1. The van der Waals surface area contributed by atoms with Gasteiger partial charge in [-0.05, 0) is 55.3 Å². The Morgan fingerprint density at radius 2 is 2.02 bits per heavy atom. The summed E-state index contributed by atoms with van der Waals surface area (Å²) in [5, 5.41) is 14.6. The van der Waals surface area contributed by atoms with Gasteiger partial charge in [-0.1, -0.05) is 13.0 Å². The highest BCUT2D eigenvalue weighted by Crippen LogP contribution is 2.42. The van der Waals surface area contributed by atoms with Crippen molar-refractivity contribution in [3.05, 3.63) is 46.9 Å². The fraction of sp³-hybridized carbons (Fsp3) is 0.484. The molecule has 2 N–H and O–H groups in total. The van der Waals surface area contributed by atoms with Gasteiger partial charge in [-0.3, -0.25) is 14.5 Å². The van der Waals surface area contributed by atoms with E-state index in [0.29, 0.717) is 72.4 Å². The number of anilines is 2. The maximum Gasteiger partial charge on any atom is 0.318 e. The van der Waals surface area contributed by atoms with E-state index in [-0.39, 0.29) is 48.7 Å². The number of aromatic nitrogens is 2. The molecule has 3 aromatic rings. The molecule has 2 atom stereocenters. The Balaban J connectivity index is 1.30. The molecule has 10 nitrogen and oxygen atoms in total. The van der Waals surface area contributed by atoms with Gasteiger partial charge in [-0.25, -0.2) is 8.78 Å². The van der Waals surface area contributed by atoms with Crippen molar-refractivity contribution in [1.82, 2.24) is 20.2 Å². The molecule has 0 aliphatic carbocycles. The summed E-state index contributed by atoms with van der Waals surface area (Å²) >= 11 is 0. The van der Waals surface area contributed by atoms with E-state index in [1.165, 1.54) is 17.0 Å². The van der Waals surface area contributed by atoms with Gasteiger partial charge in [0.25, 0.3) is 5.91 Å². The predicted molar refractivity (Wildman–Crippen MR) is 156 cm³/mol. The number of phenols is 1. The van der Waals surface area contributed by atoms with Crippen molar-refractivity contribution in [2.24, 2.45) is 0 Å². The zero-order chi connectivity index (χ0) is 29.9. The Hall–Kier alpha value is -4.06. The molecule has 1 aromatic heterocycles. The van der Waals surface area contributed by atoms with Crippen molar-refractivity contribution in [3.63, 3.8) is 0 Å². The Labute approximate surface area is 247 Å². The molecule has 3 fully saturated rings. The van der Waals surface area contributed by atoms with E-state index in [2.05, 4.69) is 20.2 Å². The number of hydrogen-bond acceptors (Lipinski definition) is 8. The average molecular weight is 593 g/mol. The summed E-state index contributed by atoms with van der Waals surface area (Å²) in [5.74, 6) is -0.734. The summed E-state index contributed by atoms with van der Waals surface area (Å²) in [7, 11) is 0. The van der Waals surface area contributed by atoms with E-state index in [9.17, 15) is 23.5 Å². The third-order valence-electron chi connectivity index (χ3n) is 9.28. The molecule has 12 heteroatoms. The lowest BCUT2D eigenvalue weighted by Crippen LogP contribution is -2.43. The van der Waals surface area contributed by atoms with E-state index in [0.717, 1.165) is 19.4 Å². The number of fused-ring (bicyclic) bond motifs is 3. The summed E-state index contributed by atoms with van der Waals surface area (Å²) in [6.07, 6.45) is 2.33. The van der Waals surface area contributed by atoms with Crippen LogP contribution in [0, 0.1) is 5.82 Å². The van der Waals surface area contributed by atoms with Gasteiger partial charge < -0.3 is 25.0 Å². The number of hydrogen-bond donors (Lipinski definition) is 2. The topological polar surface area (TPSA) is 111 Å². The Morgan fingerprint density at radius 1 is 1.16 bits per heavy atom. The van der Waals surface area contributed by atoms with Crippen molar-refractivity contribution < 1.29 is 28.2 Å². The van der Waals surface area contributed by atoms with Gasteiger partial charge in [0.15, 0.2) is 0 Å². The molecule has 4 aliphatic rings. The van der Waals surface area contributed by atoms with Crippen LogP contribution >= 0.6 is 0 Å². The number of carbonyl (C=O) groups excluding carboxylic acids is 2. The van der Waals surface area contributed by atoms with E-state index >= 15 is 0 Å². The van der Waals surface area contributed by atoms with Crippen molar-refractivity contribution >= 4 is 34.1 Å². The largest absolute Gasteiger partial charge is 0.508 e. The van der Waals surface area contributed by atoms with Crippen LogP contribution in [0.4, 0.5) is 20.3 Å². The van der Waals surface area contributed by atoms with E-state index in [1.807, 2.05) is 6.92 Å². The van der Waals surface area contributed by atoms with Crippen molar-refractivity contribution in [2.45, 2.75) is 57.3 Å². The molecule has 2 amide bonds. The van der Waals surface area contributed by atoms with Gasteiger partial charge in [-0.2, -0.15) is 9.97 Å². The number of alkyl halides is 1. The number of nitrogens with one attached hydrogen (secondary N) is 1. The highest BCUT2D eigenvalue weighted by molar-refractivity contribution is 6.16. The number of aryl methyl sites for hydroxylation is 1. The maximum atomic E-state index is 14.9. The second kappa shape index (κ2) is 10.6. The van der Waals surface area contributed by atoms with Crippen LogP contribution < -0.4 is 19.9 Å². The first-order valence-electron chi connectivity index (χ1n) is 15.0. The summed E-state index contributed by atoms with van der Waals surface area (Å²) < 4.78 is 35.5. The number of carbonyl (C=O) groups is 2. The molecular weight excluding hydrogens is 558 g/mol. The SMILES string of the molecule is CCc1c(F)ccc2cc(O)cc(N3Cc4nc(OC[C@@]56CCCN5C[C@H](F)C6)nc(N5CCCNC(=O)C5)c4C3=O)c12. The zero-order valence-electron chi connectivity index (χ0n) is 24.0. The van der Waals surface area contributed by atoms with Crippen LogP contribution in [0.5, 0.6) is 11.8 Å². The molecule has 0 saturated carbocycles. The lowest BCUT2D eigenvalue weighted by atomic mass is 9.95. The molecule has 0 unspecified atom stereocenters. The van der Waals surface area contributed by atoms with Gasteiger partial charge in [0.1, 0.15) is 35.7 Å². The van der Waals surface area contributed by atoms with Crippen LogP contribution in [-0.2, 0) is 17.8 Å². The summed E-state index contributed by atoms with van der Waals surface area (Å²) in [4.78, 5) is 41.5. The first kappa shape index (κ1) is 27.8. The standard InChI is InChI=1S/C31H34F2N6O4/c1-2-21-22(33)6-5-18-11-20(40)12-24(26(18)21)39-15-23-27(29(39)42)28(37-9-4-8-34-25(41)16-37)36-30(35-23)43-17-31-7-3-10-38(31)14-19(32)13-31/h5-6,11-12,19,40H,2-4,7-10,13-17H2,1H3,(H,34,41)/t19-,31+/m1/s1. The summed E-state index contributed by atoms with van der Waals surface area (Å²) in [5.41, 5.74) is 1.07. The van der Waals surface area contributed by atoms with Crippen LogP contribution in [0.3, 0.4) is 0 Å². The molecule has 0 bridgehead atoms. The lowest BCUT2D eigenvalue weighted by Gasteiger charge is -2.31. The van der Waals surface area contributed by atoms with E-state index in [4.69, 9.17) is 4.74 Å². The fourth-order valence-electron chi connectivity index (χ4n) is 7.32. The van der Waals surface area contributed by atoms with Crippen LogP contribution in [-0.4, -0.2) is 82.8 Å². The van der Waals surface area contributed by atoms with Crippen LogP contribution in [0.1, 0.15) is 54.2 Å². The highest BCUT2D eigenvalue weighted by atomic mass is 19.1. The van der Waals surface area contributed by atoms with Gasteiger partial charge in [0.2, 0.25) is 5.91 Å². The normalized spacial score (nSPS) is 23.9. The molecule has 0 spiro atoms. The zero-order valence-corrected chi connectivity index (χ0v) is 24.0. The second-order valence-electron chi connectivity index (χ2n) is 12.0. The molecule has 5 heterocycles. The molecule has 43 heavy (non-hydrogen) atoms. The maximum absolute atomic E-state index is 14.9. The number of rotatable bonds is 6. The number of phenolic OH excluding ortho intramolecular Hbond substituents is 1. The number of halogens is 2. The number of nitrogens with zero attached hydrogens (tertiary/aromatic N) is 5. The van der Waals surface area contributed by atoms with Crippen LogP contribution in [0.2, 0.25) is 0 Å². The summed E-state index contributed by atoms with van der Waals surface area (Å²) in [6, 6.07) is 6.04. The highest BCUT2D eigenvalue weighted by Gasteiger charge is 2.49. The van der Waals surface area contributed by atoms with Gasteiger partial charge in [0, 0.05) is 37.5 Å². The first-order valence-corrected chi connectivity index (χ1v) is 15.0. The molecule has 0 radical (unpaired) electrons. The molecule has 4 aliphatic heterocycles. The van der Waals surface area contributed by atoms with Crippen molar-refractivity contribution in [1.29, 1.82) is 0 Å². The van der Waals surface area contributed by atoms with Crippen molar-refractivity contribution in [3.8, 4) is 11.8 Å². The number of amides is 2. The fourth-order valence-corrected chi connectivity index (χ4v) is 7.32. The first-order chi connectivity index (χ1) is 20.8. The van der Waals surface area contributed by atoms with Gasteiger partial charge in [-0.15, -0.1) is 0 Å². The van der Waals surface area contributed by atoms with Gasteiger partial charge in [0.05, 0.1) is 30.0 Å². The minimum absolute atomic E-state index is 0.0116. The minimum Gasteiger partial charge on any atom is -0.508 e. The molecule has 2 aromatic carbocycles. The average Bonchev–Trinajstić information content (AvgIpc) is 3.55. The van der Waals surface area contributed by atoms with Crippen LogP contribution in [0.15, 0.2) is 24.3 Å². The third kappa shape index (κ3) is 4.72. The Morgan fingerprint density at radius 3 is 2.86 bits per heavy atom. The van der Waals surface area contributed by atoms with E-state index in [1.54, 1.807) is 17.0 Å². The van der Waals surface area contributed by atoms with Crippen LogP contribution in [0.25, 0.3) is 10.8 Å². The smallest absolute Gasteiger partial charge is 0.318 e. The lowest BCUT2D eigenvalue weighted by molar-refractivity contribution is -0.119. The Kier molecular flexibility index (Phi) is 6.83. The van der Waals surface area contributed by atoms with Crippen molar-refractivity contribution in [2.75, 3.05) is 49.1 Å². The quantitative estimate of drug-likeness (QED) is 0.448. The van der Waals surface area contributed by atoms with E-state index < -0.39 is 17.6 Å². The Bertz CT molecular complexity index is 1640. The molecule has 7 rings (SSSR count). The molecular formula is C31H34F2N6O4. The minimum atomic E-state index is -0.905. The monoisotopic (exact) mass is 592 g/mol. The number of ether oxygens (including phenoxy) is 1.